The van der Waals surface area contributed by atoms with Crippen LogP contribution >= 0.6 is 0 Å². The number of hydrogen-bond donors (Lipinski definition) is 1. The third-order valence-electron chi connectivity index (χ3n) is 4.34. The van der Waals surface area contributed by atoms with E-state index >= 15 is 0 Å². The Balaban J connectivity index is 2.17. The van der Waals surface area contributed by atoms with Crippen LogP contribution in [0.15, 0.2) is 49.1 Å². The smallest absolute Gasteiger partial charge is 0.387 e. The van der Waals surface area contributed by atoms with Crippen LogP contribution in [0.25, 0.3) is 11.1 Å². The summed E-state index contributed by atoms with van der Waals surface area (Å²) in [5, 5.41) is 0. The zero-order valence-electron chi connectivity index (χ0n) is 14.7. The Bertz CT molecular complexity index is 869. The fraction of sp³-hybridized carbons (Fsp3) is 0.250. The van der Waals surface area contributed by atoms with Crippen LogP contribution in [0.2, 0.25) is 0 Å². The Hall–Kier alpha value is -2.93. The standard InChI is InChI=1S/C20H19F2NO4/c1-3-5-14-13-10-11(18(25-2)19(23)24)8-9-12(13)17-15(26-14)6-4-7-16(17)27-20(21)22/h3-4,6-10,14,18,20H,1,5H2,2H3,(H2,23,24). The fourth-order valence-electron chi connectivity index (χ4n) is 3.27. The summed E-state index contributed by atoms with van der Waals surface area (Å²) in [5.41, 5.74) is 7.78. The van der Waals surface area contributed by atoms with Gasteiger partial charge in [-0.05, 0) is 29.3 Å². The van der Waals surface area contributed by atoms with E-state index in [2.05, 4.69) is 11.3 Å². The number of rotatable bonds is 7. The Morgan fingerprint density at radius 1 is 1.37 bits per heavy atom. The molecule has 0 saturated heterocycles. The number of amides is 1. The van der Waals surface area contributed by atoms with Crippen LogP contribution in [0, 0.1) is 0 Å². The van der Waals surface area contributed by atoms with Crippen molar-refractivity contribution in [3.05, 3.63) is 60.2 Å². The van der Waals surface area contributed by atoms with E-state index in [0.717, 1.165) is 0 Å². The van der Waals surface area contributed by atoms with Crippen molar-refractivity contribution >= 4 is 5.91 Å². The molecule has 27 heavy (non-hydrogen) atoms. The molecule has 1 heterocycles. The summed E-state index contributed by atoms with van der Waals surface area (Å²) in [4.78, 5) is 11.6. The van der Waals surface area contributed by atoms with Crippen molar-refractivity contribution < 1.29 is 27.8 Å². The van der Waals surface area contributed by atoms with Crippen molar-refractivity contribution in [3.8, 4) is 22.6 Å². The van der Waals surface area contributed by atoms with Gasteiger partial charge in [0.1, 0.15) is 17.6 Å². The molecular formula is C20H19F2NO4. The molecule has 0 radical (unpaired) electrons. The molecule has 2 atom stereocenters. The minimum absolute atomic E-state index is 0.0201. The molecule has 142 valence electrons. The van der Waals surface area contributed by atoms with Gasteiger partial charge in [0.05, 0.1) is 5.56 Å². The first-order valence-electron chi connectivity index (χ1n) is 8.28. The number of hydrogen-bond acceptors (Lipinski definition) is 4. The zero-order valence-corrected chi connectivity index (χ0v) is 14.7. The largest absolute Gasteiger partial charge is 0.485 e. The van der Waals surface area contributed by atoms with E-state index in [1.165, 1.54) is 13.2 Å². The van der Waals surface area contributed by atoms with Crippen LogP contribution in [0.4, 0.5) is 8.78 Å². The second kappa shape index (κ2) is 7.75. The van der Waals surface area contributed by atoms with Crippen LogP contribution in [0.5, 0.6) is 11.5 Å². The first-order chi connectivity index (χ1) is 13.0. The predicted molar refractivity (Wildman–Crippen MR) is 95.6 cm³/mol. The van der Waals surface area contributed by atoms with E-state index in [0.29, 0.717) is 34.4 Å². The summed E-state index contributed by atoms with van der Waals surface area (Å²) in [6, 6.07) is 9.90. The van der Waals surface area contributed by atoms with E-state index in [-0.39, 0.29) is 5.75 Å². The SMILES string of the molecule is C=CCC1Oc2cccc(OC(F)F)c2-c2ccc(C(OC)C(N)=O)cc21. The van der Waals surface area contributed by atoms with Gasteiger partial charge in [-0.25, -0.2) is 0 Å². The molecule has 0 saturated carbocycles. The van der Waals surface area contributed by atoms with Crippen molar-refractivity contribution in [3.63, 3.8) is 0 Å². The topological polar surface area (TPSA) is 70.8 Å². The molecular weight excluding hydrogens is 356 g/mol. The second-order valence-electron chi connectivity index (χ2n) is 6.00. The zero-order chi connectivity index (χ0) is 19.6. The summed E-state index contributed by atoms with van der Waals surface area (Å²) in [6.07, 6.45) is 0.878. The molecule has 2 N–H and O–H groups in total. The molecule has 0 bridgehead atoms. The summed E-state index contributed by atoms with van der Waals surface area (Å²) >= 11 is 0. The fourth-order valence-corrected chi connectivity index (χ4v) is 3.27. The number of carbonyl (C=O) groups excluding carboxylic acids is 1. The van der Waals surface area contributed by atoms with Gasteiger partial charge in [0.2, 0.25) is 0 Å². The molecule has 2 aromatic rings. The Morgan fingerprint density at radius 3 is 2.78 bits per heavy atom. The molecule has 1 aliphatic rings. The number of primary amides is 1. The minimum Gasteiger partial charge on any atom is -0.485 e. The number of halogens is 2. The summed E-state index contributed by atoms with van der Waals surface area (Å²) in [7, 11) is 1.39. The molecule has 7 heteroatoms. The predicted octanol–water partition coefficient (Wildman–Crippen LogP) is 4.14. The highest BCUT2D eigenvalue weighted by Gasteiger charge is 2.30. The average Bonchev–Trinajstić information content (AvgIpc) is 2.62. The lowest BCUT2D eigenvalue weighted by molar-refractivity contribution is -0.128. The molecule has 0 aliphatic carbocycles. The molecule has 1 aliphatic heterocycles. The third-order valence-corrected chi connectivity index (χ3v) is 4.34. The van der Waals surface area contributed by atoms with Crippen LogP contribution in [-0.2, 0) is 9.53 Å². The molecule has 1 amide bonds. The maximum atomic E-state index is 12.8. The van der Waals surface area contributed by atoms with Crippen molar-refractivity contribution in [2.45, 2.75) is 25.2 Å². The number of fused-ring (bicyclic) bond motifs is 3. The van der Waals surface area contributed by atoms with Gasteiger partial charge in [0, 0.05) is 19.1 Å². The molecule has 5 nitrogen and oxygen atoms in total. The first-order valence-corrected chi connectivity index (χ1v) is 8.28. The first kappa shape index (κ1) is 18.8. The van der Waals surface area contributed by atoms with E-state index in [9.17, 15) is 13.6 Å². The number of benzene rings is 2. The summed E-state index contributed by atoms with van der Waals surface area (Å²) in [5.74, 6) is -0.165. The summed E-state index contributed by atoms with van der Waals surface area (Å²) < 4.78 is 41.5. The lowest BCUT2D eigenvalue weighted by Crippen LogP contribution is -2.23. The number of methoxy groups -OCH3 is 1. The quantitative estimate of drug-likeness (QED) is 0.739. The Kier molecular flexibility index (Phi) is 5.41. The number of nitrogens with two attached hydrogens (primary N) is 1. The lowest BCUT2D eigenvalue weighted by Gasteiger charge is -2.30. The number of alkyl halides is 2. The second-order valence-corrected chi connectivity index (χ2v) is 6.00. The molecule has 3 rings (SSSR count). The lowest BCUT2D eigenvalue weighted by atomic mass is 9.88. The average molecular weight is 375 g/mol. The van der Waals surface area contributed by atoms with Crippen molar-refractivity contribution in [1.29, 1.82) is 0 Å². The van der Waals surface area contributed by atoms with Gasteiger partial charge in [-0.1, -0.05) is 24.3 Å². The van der Waals surface area contributed by atoms with Crippen LogP contribution in [0.3, 0.4) is 0 Å². The van der Waals surface area contributed by atoms with Gasteiger partial charge in [0.15, 0.2) is 6.10 Å². The molecule has 2 unspecified atom stereocenters. The summed E-state index contributed by atoms with van der Waals surface area (Å²) in [6.45, 7) is 0.780. The monoisotopic (exact) mass is 375 g/mol. The van der Waals surface area contributed by atoms with Gasteiger partial charge in [-0.2, -0.15) is 8.78 Å². The Labute approximate surface area is 155 Å². The maximum absolute atomic E-state index is 12.8. The molecule has 0 aromatic heterocycles. The Morgan fingerprint density at radius 2 is 2.15 bits per heavy atom. The minimum atomic E-state index is -2.96. The molecule has 0 spiro atoms. The van der Waals surface area contributed by atoms with E-state index in [4.69, 9.17) is 15.2 Å². The van der Waals surface area contributed by atoms with E-state index < -0.39 is 24.7 Å². The molecule has 0 fully saturated rings. The van der Waals surface area contributed by atoms with Crippen LogP contribution in [-0.4, -0.2) is 19.6 Å². The van der Waals surface area contributed by atoms with Crippen molar-refractivity contribution in [2.75, 3.05) is 7.11 Å². The van der Waals surface area contributed by atoms with Crippen LogP contribution < -0.4 is 15.2 Å². The van der Waals surface area contributed by atoms with Gasteiger partial charge in [0.25, 0.3) is 5.91 Å². The number of carbonyl (C=O) groups is 1. The van der Waals surface area contributed by atoms with E-state index in [1.807, 2.05) is 0 Å². The van der Waals surface area contributed by atoms with Gasteiger partial charge >= 0.3 is 6.61 Å². The van der Waals surface area contributed by atoms with Crippen molar-refractivity contribution in [1.82, 2.24) is 0 Å². The highest BCUT2D eigenvalue weighted by Crippen LogP contribution is 2.49. The normalized spacial score (nSPS) is 16.1. The highest BCUT2D eigenvalue weighted by molar-refractivity contribution is 5.84. The van der Waals surface area contributed by atoms with Gasteiger partial charge in [-0.15, -0.1) is 6.58 Å². The van der Waals surface area contributed by atoms with Crippen molar-refractivity contribution in [2.24, 2.45) is 5.73 Å². The van der Waals surface area contributed by atoms with E-state index in [1.54, 1.807) is 36.4 Å². The maximum Gasteiger partial charge on any atom is 0.387 e. The van der Waals surface area contributed by atoms with Gasteiger partial charge < -0.3 is 19.9 Å². The molecule has 2 aromatic carbocycles. The third kappa shape index (κ3) is 3.64. The number of ether oxygens (including phenoxy) is 3. The van der Waals surface area contributed by atoms with Gasteiger partial charge in [-0.3, -0.25) is 4.79 Å². The van der Waals surface area contributed by atoms with Crippen LogP contribution in [0.1, 0.15) is 29.8 Å². The highest BCUT2D eigenvalue weighted by atomic mass is 19.3.